The molecule has 0 saturated heterocycles. The third-order valence-electron chi connectivity index (χ3n) is 8.98. The number of ether oxygens (including phenoxy) is 5. The Morgan fingerprint density at radius 3 is 1.48 bits per heavy atom. The molecule has 0 fully saturated rings. The summed E-state index contributed by atoms with van der Waals surface area (Å²) in [6, 6.07) is 27.6. The number of aryl methyl sites for hydroxylation is 3. The molecule has 66 heavy (non-hydrogen) atoms. The third-order valence-corrected chi connectivity index (χ3v) is 12.8. The molecular weight excluding hydrogens is 1200 g/mol. The zero-order chi connectivity index (χ0) is 49.2. The van der Waals surface area contributed by atoms with Gasteiger partial charge in [-0.15, -0.1) is 0 Å². The van der Waals surface area contributed by atoms with E-state index in [1.165, 1.54) is 63.8 Å². The molecule has 7 aromatic carbocycles. The van der Waals surface area contributed by atoms with Gasteiger partial charge < -0.3 is 33.9 Å². The molecule has 7 nitrogen and oxygen atoms in total. The van der Waals surface area contributed by atoms with Crippen LogP contribution in [0.4, 0.5) is 22.0 Å². The van der Waals surface area contributed by atoms with Crippen LogP contribution >= 0.6 is 79.6 Å². The summed E-state index contributed by atoms with van der Waals surface area (Å²) in [4.78, 5) is 0. The Hall–Kier alpha value is -4.55. The van der Waals surface area contributed by atoms with Crippen LogP contribution in [-0.2, 0) is 11.9 Å². The van der Waals surface area contributed by atoms with Gasteiger partial charge in [0.25, 0.3) is 0 Å². The van der Waals surface area contributed by atoms with Crippen molar-refractivity contribution in [3.05, 3.63) is 178 Å². The first-order valence-electron chi connectivity index (χ1n) is 19.2. The van der Waals surface area contributed by atoms with Crippen molar-refractivity contribution in [2.45, 2.75) is 32.7 Å². The Morgan fingerprint density at radius 1 is 0.470 bits per heavy atom. The van der Waals surface area contributed by atoms with Crippen molar-refractivity contribution in [2.75, 3.05) is 28.4 Å². The second-order valence-electron chi connectivity index (χ2n) is 13.7. The second kappa shape index (κ2) is 27.3. The van der Waals surface area contributed by atoms with Crippen LogP contribution in [0.25, 0.3) is 10.8 Å². The highest BCUT2D eigenvalue weighted by Crippen LogP contribution is 2.32. The van der Waals surface area contributed by atoms with Gasteiger partial charge in [0.1, 0.15) is 18.1 Å². The van der Waals surface area contributed by atoms with E-state index in [0.29, 0.717) is 20.9 Å². The predicted molar refractivity (Wildman–Crippen MR) is 267 cm³/mol. The lowest BCUT2D eigenvalue weighted by Crippen LogP contribution is -1.99. The molecule has 0 spiro atoms. The van der Waals surface area contributed by atoms with Crippen LogP contribution in [-0.4, -0.2) is 38.7 Å². The zero-order valence-corrected chi connectivity index (χ0v) is 44.4. The van der Waals surface area contributed by atoms with Gasteiger partial charge in [0.15, 0.2) is 57.8 Å². The fourth-order valence-electron chi connectivity index (χ4n) is 5.36. The van der Waals surface area contributed by atoms with Gasteiger partial charge >= 0.3 is 0 Å². The highest BCUT2D eigenvalue weighted by Gasteiger charge is 2.12. The molecule has 7 rings (SSSR count). The van der Waals surface area contributed by atoms with Crippen molar-refractivity contribution in [3.63, 3.8) is 0 Å². The maximum Gasteiger partial charge on any atom is 0.166 e. The number of phenolic OH excluding ortho intramolecular Hbond substituents is 2. The highest BCUT2D eigenvalue weighted by atomic mass is 79.9. The van der Waals surface area contributed by atoms with Crippen LogP contribution in [0.2, 0.25) is 0 Å². The summed E-state index contributed by atoms with van der Waals surface area (Å²) in [6.07, 6.45) is 0. The predicted octanol–water partition coefficient (Wildman–Crippen LogP) is 16.2. The quantitative estimate of drug-likeness (QED) is 0.116. The molecule has 7 aromatic rings. The molecule has 0 aliphatic heterocycles. The lowest BCUT2D eigenvalue weighted by atomic mass is 10.1. The number of rotatable bonds is 8. The maximum atomic E-state index is 13.7. The van der Waals surface area contributed by atoms with Crippen LogP contribution in [0.15, 0.2) is 121 Å². The minimum atomic E-state index is -0.600. The van der Waals surface area contributed by atoms with E-state index in [1.54, 1.807) is 45.2 Å². The largest absolute Gasteiger partial charge is 0.505 e. The monoisotopic (exact) mass is 1230 g/mol. The Kier molecular flexibility index (Phi) is 23.1. The summed E-state index contributed by atoms with van der Waals surface area (Å²) < 4.78 is 92.9. The molecule has 0 amide bonds. The maximum absolute atomic E-state index is 13.7. The van der Waals surface area contributed by atoms with Crippen LogP contribution < -0.4 is 23.7 Å². The Balaban J connectivity index is 0.000000234. The normalized spacial score (nSPS) is 10.1. The number of fused-ring (bicyclic) bond motifs is 1. The number of halogens is 10. The van der Waals surface area contributed by atoms with E-state index in [0.717, 1.165) is 59.0 Å². The average molecular weight is 1240 g/mol. The Bertz CT molecular complexity index is 2650. The number of methoxy groups -OCH3 is 4. The smallest absolute Gasteiger partial charge is 0.166 e. The van der Waals surface area contributed by atoms with Crippen molar-refractivity contribution in [3.8, 4) is 40.2 Å². The summed E-state index contributed by atoms with van der Waals surface area (Å²) in [5.74, 6) is -0.563. The van der Waals surface area contributed by atoms with E-state index in [-0.39, 0.29) is 40.4 Å². The molecular formula is C49H44Br5F5O7. The molecule has 0 atom stereocenters. The highest BCUT2D eigenvalue weighted by molar-refractivity contribution is 9.11. The third kappa shape index (κ3) is 16.6. The molecule has 0 bridgehead atoms. The van der Waals surface area contributed by atoms with Crippen molar-refractivity contribution in [1.29, 1.82) is 0 Å². The van der Waals surface area contributed by atoms with Crippen molar-refractivity contribution in [1.82, 2.24) is 0 Å². The van der Waals surface area contributed by atoms with E-state index in [9.17, 15) is 22.0 Å². The van der Waals surface area contributed by atoms with Gasteiger partial charge in [-0.2, -0.15) is 0 Å². The van der Waals surface area contributed by atoms with Crippen LogP contribution in [0, 0.1) is 49.9 Å². The molecule has 0 aliphatic rings. The number of phenols is 2. The van der Waals surface area contributed by atoms with Gasteiger partial charge in [0, 0.05) is 34.2 Å². The van der Waals surface area contributed by atoms with Gasteiger partial charge in [-0.25, -0.2) is 22.0 Å². The van der Waals surface area contributed by atoms with Crippen LogP contribution in [0.5, 0.6) is 40.2 Å². The van der Waals surface area contributed by atoms with E-state index in [1.807, 2.05) is 43.3 Å². The first-order chi connectivity index (χ1) is 31.3. The standard InChI is InChI=1S/C19H16BrFO3.C8H7Br2FO.C8H8BrFO.C7H6BrFO.C7H7FO/c1-22-14-6-7-15-12(8-14)4-3-5-18(15)24-11-13-9-19(23-2)17(21)10-16(13)20;1-12-8-2-5(4-9)6(10)3-7(8)11;1-5-3-8(11-2)7(10)4-6(5)9;1-4-2-7(10)6(9)3-5(4)8;1-5-2-3-6(8)7(9)4-5/h3-10H,11H2,1-2H3;2-3H,4H2,1H3;3-4H,1-2H3;2-3,10H,1H3;2-4,9H,1H3. The molecule has 2 N–H and O–H groups in total. The minimum Gasteiger partial charge on any atom is -0.505 e. The molecule has 0 aliphatic carbocycles. The topological polar surface area (TPSA) is 86.6 Å². The van der Waals surface area contributed by atoms with E-state index in [2.05, 4.69) is 79.6 Å². The Morgan fingerprint density at radius 2 is 0.970 bits per heavy atom. The minimum absolute atomic E-state index is 0.194. The number of hydrogen-bond donors (Lipinski definition) is 2. The second-order valence-corrected chi connectivity index (χ2v) is 17.6. The van der Waals surface area contributed by atoms with Crippen LogP contribution in [0.3, 0.4) is 0 Å². The summed E-state index contributed by atoms with van der Waals surface area (Å²) in [7, 11) is 5.98. The summed E-state index contributed by atoms with van der Waals surface area (Å²) in [5.41, 5.74) is 4.41. The van der Waals surface area contributed by atoms with Gasteiger partial charge in [-0.05, 0) is 133 Å². The van der Waals surface area contributed by atoms with E-state index >= 15 is 0 Å². The molecule has 0 heterocycles. The fraction of sp³-hybridized carbons (Fsp3) is 0.184. The Labute approximate surface area is 422 Å². The molecule has 17 heteroatoms. The lowest BCUT2D eigenvalue weighted by molar-refractivity contribution is 0.307. The van der Waals surface area contributed by atoms with E-state index in [4.69, 9.17) is 33.9 Å². The number of hydrogen-bond acceptors (Lipinski definition) is 7. The first kappa shape index (κ1) is 55.8. The van der Waals surface area contributed by atoms with Gasteiger partial charge in [0.2, 0.25) is 0 Å². The first-order valence-corrected chi connectivity index (χ1v) is 23.4. The zero-order valence-electron chi connectivity index (χ0n) is 36.4. The number of benzene rings is 7. The number of alkyl halides is 1. The summed E-state index contributed by atoms with van der Waals surface area (Å²) in [5, 5.41) is 20.2. The fourth-order valence-corrected chi connectivity index (χ4v) is 7.72. The lowest BCUT2D eigenvalue weighted by Gasteiger charge is -2.12. The van der Waals surface area contributed by atoms with Crippen molar-refractivity contribution in [2.24, 2.45) is 0 Å². The summed E-state index contributed by atoms with van der Waals surface area (Å²) >= 11 is 16.2. The molecule has 0 unspecified atom stereocenters. The molecule has 0 aromatic heterocycles. The van der Waals surface area contributed by atoms with Crippen molar-refractivity contribution < 1.29 is 55.8 Å². The van der Waals surface area contributed by atoms with Gasteiger partial charge in [-0.3, -0.25) is 0 Å². The average Bonchev–Trinajstić information content (AvgIpc) is 3.28. The molecule has 0 radical (unpaired) electrons. The van der Waals surface area contributed by atoms with Gasteiger partial charge in [-0.1, -0.05) is 97.8 Å². The van der Waals surface area contributed by atoms with Crippen molar-refractivity contribution >= 4 is 90.4 Å². The summed E-state index contributed by atoms with van der Waals surface area (Å²) in [6.45, 7) is 5.75. The van der Waals surface area contributed by atoms with Crippen LogP contribution in [0.1, 0.15) is 27.8 Å². The molecule has 0 saturated carbocycles. The number of aromatic hydroxyl groups is 2. The van der Waals surface area contributed by atoms with E-state index < -0.39 is 17.5 Å². The van der Waals surface area contributed by atoms with Gasteiger partial charge in [0.05, 0.1) is 28.4 Å². The SMILES string of the molecule is COc1cc(C)c(Br)cc1F.COc1cc(CBr)c(Br)cc1F.COc1ccc2c(OCc3cc(OC)c(F)cc3Br)cccc2c1.Cc1cc(O)c(F)cc1Br.Cc1ccc(F)c(O)c1. The molecule has 352 valence electrons.